The van der Waals surface area contributed by atoms with E-state index < -0.39 is 6.10 Å². The first kappa shape index (κ1) is 15.4. The lowest BCUT2D eigenvalue weighted by Gasteiger charge is -2.14. The Hall–Kier alpha value is -3.08. The SMILES string of the molecule is O=C(NCc1ccccc1Cn1cccn1)C1Cc2ccccc2O1. The van der Waals surface area contributed by atoms with Crippen molar-refractivity contribution in [3.8, 4) is 5.75 Å². The predicted molar refractivity (Wildman–Crippen MR) is 94.2 cm³/mol. The van der Waals surface area contributed by atoms with Crippen molar-refractivity contribution in [1.82, 2.24) is 15.1 Å². The molecule has 1 amide bonds. The van der Waals surface area contributed by atoms with Crippen LogP contribution in [0.5, 0.6) is 5.75 Å². The molecule has 0 fully saturated rings. The largest absolute Gasteiger partial charge is 0.480 e. The van der Waals surface area contributed by atoms with Crippen LogP contribution in [-0.4, -0.2) is 21.8 Å². The topological polar surface area (TPSA) is 56.2 Å². The zero-order valence-electron chi connectivity index (χ0n) is 13.8. The summed E-state index contributed by atoms with van der Waals surface area (Å²) < 4.78 is 7.62. The van der Waals surface area contributed by atoms with Crippen LogP contribution in [0.3, 0.4) is 0 Å². The lowest BCUT2D eigenvalue weighted by Crippen LogP contribution is -2.37. The van der Waals surface area contributed by atoms with Crippen LogP contribution < -0.4 is 10.1 Å². The Balaban J connectivity index is 1.40. The standard InChI is InChI=1S/C20H19N3O2/c24-20(19-12-15-6-3-4-9-18(15)25-19)21-13-16-7-1-2-8-17(16)14-23-11-5-10-22-23/h1-11,19H,12-14H2,(H,21,24). The van der Waals surface area contributed by atoms with Gasteiger partial charge in [-0.25, -0.2) is 0 Å². The highest BCUT2D eigenvalue weighted by molar-refractivity contribution is 5.82. The molecule has 1 aliphatic rings. The Morgan fingerprint density at radius 3 is 2.72 bits per heavy atom. The van der Waals surface area contributed by atoms with E-state index in [1.165, 1.54) is 0 Å². The molecule has 1 aromatic heterocycles. The summed E-state index contributed by atoms with van der Waals surface area (Å²) in [7, 11) is 0. The molecular formula is C20H19N3O2. The Bertz CT molecular complexity index is 849. The number of carbonyl (C=O) groups excluding carboxylic acids is 1. The fourth-order valence-electron chi connectivity index (χ4n) is 3.08. The van der Waals surface area contributed by atoms with E-state index in [1.54, 1.807) is 6.20 Å². The van der Waals surface area contributed by atoms with E-state index in [1.807, 2.05) is 59.4 Å². The minimum atomic E-state index is -0.448. The summed E-state index contributed by atoms with van der Waals surface area (Å²) in [6, 6.07) is 17.8. The van der Waals surface area contributed by atoms with Crippen molar-refractivity contribution in [3.63, 3.8) is 0 Å². The lowest BCUT2D eigenvalue weighted by atomic mass is 10.1. The molecule has 0 spiro atoms. The fraction of sp³-hybridized carbons (Fsp3) is 0.200. The number of carbonyl (C=O) groups is 1. The average Bonchev–Trinajstić information content (AvgIpc) is 3.30. The number of para-hydroxylation sites is 1. The molecular weight excluding hydrogens is 314 g/mol. The maximum Gasteiger partial charge on any atom is 0.261 e. The summed E-state index contributed by atoms with van der Waals surface area (Å²) in [5, 5.41) is 7.25. The Kier molecular flexibility index (Phi) is 4.21. The van der Waals surface area contributed by atoms with E-state index in [4.69, 9.17) is 4.74 Å². The Labute approximate surface area is 146 Å². The fourth-order valence-corrected chi connectivity index (χ4v) is 3.08. The van der Waals surface area contributed by atoms with Crippen LogP contribution in [0.1, 0.15) is 16.7 Å². The maximum atomic E-state index is 12.5. The van der Waals surface area contributed by atoms with Crippen molar-refractivity contribution < 1.29 is 9.53 Å². The van der Waals surface area contributed by atoms with Crippen LogP contribution in [-0.2, 0) is 24.3 Å². The normalized spacial score (nSPS) is 15.4. The number of aromatic nitrogens is 2. The molecule has 5 heteroatoms. The summed E-state index contributed by atoms with van der Waals surface area (Å²) in [4.78, 5) is 12.5. The molecule has 1 N–H and O–H groups in total. The van der Waals surface area contributed by atoms with Crippen LogP contribution in [0, 0.1) is 0 Å². The Morgan fingerprint density at radius 2 is 1.92 bits per heavy atom. The second-order valence-electron chi connectivity index (χ2n) is 6.11. The molecule has 0 aliphatic carbocycles. The second-order valence-corrected chi connectivity index (χ2v) is 6.11. The third-order valence-corrected chi connectivity index (χ3v) is 4.40. The molecule has 0 saturated heterocycles. The van der Waals surface area contributed by atoms with Gasteiger partial charge in [0.1, 0.15) is 5.75 Å². The molecule has 2 heterocycles. The zero-order chi connectivity index (χ0) is 17.1. The highest BCUT2D eigenvalue weighted by atomic mass is 16.5. The number of fused-ring (bicyclic) bond motifs is 1. The minimum absolute atomic E-state index is 0.0786. The number of hydrogen-bond acceptors (Lipinski definition) is 3. The van der Waals surface area contributed by atoms with Crippen molar-refractivity contribution in [3.05, 3.63) is 83.7 Å². The highest BCUT2D eigenvalue weighted by Gasteiger charge is 2.28. The molecule has 1 unspecified atom stereocenters. The zero-order valence-corrected chi connectivity index (χ0v) is 13.8. The third-order valence-electron chi connectivity index (χ3n) is 4.40. The summed E-state index contributed by atoms with van der Waals surface area (Å²) in [5.41, 5.74) is 3.31. The first-order valence-electron chi connectivity index (χ1n) is 8.36. The van der Waals surface area contributed by atoms with Gasteiger partial charge in [-0.2, -0.15) is 5.10 Å². The maximum absolute atomic E-state index is 12.5. The van der Waals surface area contributed by atoms with Gasteiger partial charge >= 0.3 is 0 Å². The van der Waals surface area contributed by atoms with Crippen LogP contribution >= 0.6 is 0 Å². The summed E-state index contributed by atoms with van der Waals surface area (Å²) >= 11 is 0. The minimum Gasteiger partial charge on any atom is -0.480 e. The monoisotopic (exact) mass is 333 g/mol. The molecule has 4 rings (SSSR count). The number of rotatable bonds is 5. The van der Waals surface area contributed by atoms with Crippen molar-refractivity contribution in [2.24, 2.45) is 0 Å². The van der Waals surface area contributed by atoms with Gasteiger partial charge < -0.3 is 10.1 Å². The number of ether oxygens (including phenoxy) is 1. The molecule has 3 aromatic rings. The van der Waals surface area contributed by atoms with Crippen LogP contribution in [0.2, 0.25) is 0 Å². The van der Waals surface area contributed by atoms with E-state index in [-0.39, 0.29) is 5.91 Å². The average molecular weight is 333 g/mol. The first-order valence-corrected chi connectivity index (χ1v) is 8.36. The number of nitrogens with one attached hydrogen (secondary N) is 1. The van der Waals surface area contributed by atoms with Crippen LogP contribution in [0.4, 0.5) is 0 Å². The van der Waals surface area contributed by atoms with E-state index in [2.05, 4.69) is 16.5 Å². The third kappa shape index (κ3) is 3.40. The van der Waals surface area contributed by atoms with Gasteiger partial charge in [0.25, 0.3) is 5.91 Å². The predicted octanol–water partition coefficient (Wildman–Crippen LogP) is 2.55. The molecule has 0 bridgehead atoms. The molecule has 126 valence electrons. The van der Waals surface area contributed by atoms with Gasteiger partial charge in [-0.15, -0.1) is 0 Å². The molecule has 0 saturated carbocycles. The van der Waals surface area contributed by atoms with E-state index >= 15 is 0 Å². The van der Waals surface area contributed by atoms with Crippen molar-refractivity contribution in [2.75, 3.05) is 0 Å². The Morgan fingerprint density at radius 1 is 1.12 bits per heavy atom. The summed E-state index contributed by atoms with van der Waals surface area (Å²) in [6.45, 7) is 1.16. The van der Waals surface area contributed by atoms with Gasteiger partial charge in [0.05, 0.1) is 6.54 Å². The molecule has 2 aromatic carbocycles. The van der Waals surface area contributed by atoms with Crippen molar-refractivity contribution in [1.29, 1.82) is 0 Å². The van der Waals surface area contributed by atoms with Gasteiger partial charge in [-0.05, 0) is 28.8 Å². The second kappa shape index (κ2) is 6.81. The number of amides is 1. The first-order chi connectivity index (χ1) is 12.3. The molecule has 0 radical (unpaired) electrons. The van der Waals surface area contributed by atoms with Gasteiger partial charge in [-0.1, -0.05) is 42.5 Å². The quantitative estimate of drug-likeness (QED) is 0.781. The van der Waals surface area contributed by atoms with Crippen molar-refractivity contribution >= 4 is 5.91 Å². The van der Waals surface area contributed by atoms with E-state index in [0.717, 1.165) is 22.4 Å². The summed E-state index contributed by atoms with van der Waals surface area (Å²) in [5.74, 6) is 0.729. The smallest absolute Gasteiger partial charge is 0.261 e. The van der Waals surface area contributed by atoms with Crippen LogP contribution in [0.25, 0.3) is 0 Å². The molecule has 25 heavy (non-hydrogen) atoms. The molecule has 5 nitrogen and oxygen atoms in total. The number of benzene rings is 2. The highest BCUT2D eigenvalue weighted by Crippen LogP contribution is 2.28. The van der Waals surface area contributed by atoms with Gasteiger partial charge in [0.15, 0.2) is 6.10 Å². The van der Waals surface area contributed by atoms with Crippen LogP contribution in [0.15, 0.2) is 67.0 Å². The molecule has 1 atom stereocenters. The van der Waals surface area contributed by atoms with E-state index in [0.29, 0.717) is 19.5 Å². The van der Waals surface area contributed by atoms with Gasteiger partial charge in [-0.3, -0.25) is 9.48 Å². The molecule has 1 aliphatic heterocycles. The summed E-state index contributed by atoms with van der Waals surface area (Å²) in [6.07, 6.45) is 3.87. The van der Waals surface area contributed by atoms with Gasteiger partial charge in [0.2, 0.25) is 0 Å². The van der Waals surface area contributed by atoms with Crippen molar-refractivity contribution in [2.45, 2.75) is 25.6 Å². The van der Waals surface area contributed by atoms with Gasteiger partial charge in [0, 0.05) is 25.4 Å². The number of nitrogens with zero attached hydrogens (tertiary/aromatic N) is 2. The number of hydrogen-bond donors (Lipinski definition) is 1. The van der Waals surface area contributed by atoms with E-state index in [9.17, 15) is 4.79 Å². The lowest BCUT2D eigenvalue weighted by molar-refractivity contribution is -0.127.